The lowest BCUT2D eigenvalue weighted by molar-refractivity contribution is 0.0343. The lowest BCUT2D eigenvalue weighted by Gasteiger charge is -2.33. The summed E-state index contributed by atoms with van der Waals surface area (Å²) in [6.45, 7) is 10.3. The first-order chi connectivity index (χ1) is 15.8. The van der Waals surface area contributed by atoms with Crippen LogP contribution in [0.25, 0.3) is 0 Å². The number of carbonyl (C=O) groups is 1. The largest absolute Gasteiger partial charge is 0.493 e. The molecular formula is C28H35BO4. The topological polar surface area (TPSA) is 44.8 Å². The molecule has 174 valence electrons. The predicted molar refractivity (Wildman–Crippen MR) is 131 cm³/mol. The fourth-order valence-corrected chi connectivity index (χ4v) is 5.74. The molecule has 1 heterocycles. The number of fused-ring (bicyclic) bond motifs is 1. The van der Waals surface area contributed by atoms with Gasteiger partial charge < -0.3 is 14.0 Å². The number of rotatable bonds is 5. The Kier molecular flexibility index (Phi) is 6.13. The van der Waals surface area contributed by atoms with Crippen LogP contribution in [0, 0.1) is 31.1 Å². The van der Waals surface area contributed by atoms with Crippen molar-refractivity contribution in [1.29, 1.82) is 0 Å². The average molecular weight is 446 g/mol. The number of hydrogen-bond acceptors (Lipinski definition) is 4. The van der Waals surface area contributed by atoms with Gasteiger partial charge in [-0.05, 0) is 72.8 Å². The van der Waals surface area contributed by atoms with Crippen LogP contribution in [0.4, 0.5) is 0 Å². The molecule has 33 heavy (non-hydrogen) atoms. The molecule has 1 saturated carbocycles. The van der Waals surface area contributed by atoms with Crippen molar-refractivity contribution in [3.8, 4) is 5.75 Å². The first kappa shape index (κ1) is 22.7. The summed E-state index contributed by atoms with van der Waals surface area (Å²) < 4.78 is 18.2. The van der Waals surface area contributed by atoms with Gasteiger partial charge in [-0.15, -0.1) is 0 Å². The Morgan fingerprint density at radius 2 is 1.79 bits per heavy atom. The van der Waals surface area contributed by atoms with Gasteiger partial charge in [0.15, 0.2) is 5.78 Å². The van der Waals surface area contributed by atoms with Crippen LogP contribution < -0.4 is 10.2 Å². The van der Waals surface area contributed by atoms with Gasteiger partial charge in [0.1, 0.15) is 12.4 Å². The number of ketones is 1. The number of benzene rings is 2. The predicted octanol–water partition coefficient (Wildman–Crippen LogP) is 5.20. The molecule has 5 heteroatoms. The van der Waals surface area contributed by atoms with E-state index in [1.165, 1.54) is 31.2 Å². The molecule has 1 unspecified atom stereocenters. The van der Waals surface area contributed by atoms with E-state index in [-0.39, 0.29) is 18.5 Å². The summed E-state index contributed by atoms with van der Waals surface area (Å²) in [5, 5.41) is 0. The van der Waals surface area contributed by atoms with Crippen LogP contribution in [0.5, 0.6) is 5.75 Å². The third-order valence-electron chi connectivity index (χ3n) is 7.79. The summed E-state index contributed by atoms with van der Waals surface area (Å²) in [6, 6.07) is 10.4. The standard InChI is InChI=1S/C28H35BO4/c1-18-19(2)26-22(13-24(27(26)30)21-9-5-6-10-21)14-25(18)31-15-20-8-7-11-23(12-20)29-32-16-28(3,4)17-33-29/h7-8,11-12,14,21,24H,5-6,9-10,13,15-17H2,1-4H3. The lowest BCUT2D eigenvalue weighted by Crippen LogP contribution is -2.47. The third-order valence-corrected chi connectivity index (χ3v) is 7.79. The summed E-state index contributed by atoms with van der Waals surface area (Å²) in [7, 11) is -0.319. The minimum atomic E-state index is -0.319. The van der Waals surface area contributed by atoms with Gasteiger partial charge in [0.2, 0.25) is 0 Å². The molecule has 4 nitrogen and oxygen atoms in total. The smallest absolute Gasteiger partial charge is 0.489 e. The molecule has 5 rings (SSSR count). The number of hydrogen-bond donors (Lipinski definition) is 0. The van der Waals surface area contributed by atoms with Crippen LogP contribution in [-0.4, -0.2) is 26.1 Å². The molecule has 0 N–H and O–H groups in total. The van der Waals surface area contributed by atoms with Gasteiger partial charge in [-0.2, -0.15) is 0 Å². The molecule has 1 aliphatic heterocycles. The van der Waals surface area contributed by atoms with Gasteiger partial charge in [0.05, 0.1) is 0 Å². The van der Waals surface area contributed by atoms with Crippen molar-refractivity contribution in [2.24, 2.45) is 17.3 Å². The Hall–Kier alpha value is -2.11. The number of ether oxygens (including phenoxy) is 1. The Bertz CT molecular complexity index is 1040. The summed E-state index contributed by atoms with van der Waals surface area (Å²) in [5.74, 6) is 2.00. The Balaban J connectivity index is 1.30. The molecule has 0 radical (unpaired) electrons. The summed E-state index contributed by atoms with van der Waals surface area (Å²) in [5.41, 5.74) is 6.47. The van der Waals surface area contributed by atoms with Gasteiger partial charge in [-0.1, -0.05) is 51.0 Å². The van der Waals surface area contributed by atoms with Crippen LogP contribution >= 0.6 is 0 Å². The van der Waals surface area contributed by atoms with E-state index in [0.717, 1.165) is 39.9 Å². The molecule has 0 aromatic heterocycles. The van der Waals surface area contributed by atoms with Crippen LogP contribution in [0.2, 0.25) is 0 Å². The summed E-state index contributed by atoms with van der Waals surface area (Å²) >= 11 is 0. The van der Waals surface area contributed by atoms with E-state index in [0.29, 0.717) is 31.5 Å². The molecule has 0 amide bonds. The van der Waals surface area contributed by atoms with E-state index >= 15 is 0 Å². The highest BCUT2D eigenvalue weighted by Crippen LogP contribution is 2.43. The quantitative estimate of drug-likeness (QED) is 0.593. The molecule has 2 aliphatic carbocycles. The second-order valence-corrected chi connectivity index (χ2v) is 11.0. The maximum absolute atomic E-state index is 13.2. The van der Waals surface area contributed by atoms with E-state index in [1.54, 1.807) is 0 Å². The third kappa shape index (κ3) is 4.50. The monoisotopic (exact) mass is 446 g/mol. The van der Waals surface area contributed by atoms with Crippen molar-refractivity contribution in [3.63, 3.8) is 0 Å². The van der Waals surface area contributed by atoms with Crippen LogP contribution in [0.3, 0.4) is 0 Å². The second-order valence-electron chi connectivity index (χ2n) is 11.0. The first-order valence-corrected chi connectivity index (χ1v) is 12.4. The Morgan fingerprint density at radius 1 is 1.06 bits per heavy atom. The van der Waals surface area contributed by atoms with Crippen molar-refractivity contribution in [2.45, 2.75) is 66.4 Å². The van der Waals surface area contributed by atoms with Crippen molar-refractivity contribution in [3.05, 3.63) is 58.1 Å². The van der Waals surface area contributed by atoms with Gasteiger partial charge in [0, 0.05) is 30.1 Å². The first-order valence-electron chi connectivity index (χ1n) is 12.4. The minimum absolute atomic E-state index is 0.0539. The van der Waals surface area contributed by atoms with E-state index in [4.69, 9.17) is 14.0 Å². The molecule has 1 atom stereocenters. The van der Waals surface area contributed by atoms with Crippen molar-refractivity contribution in [2.75, 3.05) is 13.2 Å². The molecule has 2 fully saturated rings. The maximum atomic E-state index is 13.2. The molecule has 0 spiro atoms. The highest BCUT2D eigenvalue weighted by molar-refractivity contribution is 6.61. The van der Waals surface area contributed by atoms with Gasteiger partial charge >= 0.3 is 7.12 Å². The lowest BCUT2D eigenvalue weighted by atomic mass is 9.75. The van der Waals surface area contributed by atoms with Crippen molar-refractivity contribution >= 4 is 18.4 Å². The van der Waals surface area contributed by atoms with Gasteiger partial charge in [0.25, 0.3) is 0 Å². The zero-order valence-electron chi connectivity index (χ0n) is 20.4. The van der Waals surface area contributed by atoms with E-state index in [9.17, 15) is 4.79 Å². The SMILES string of the molecule is Cc1c(OCc2cccc(B3OCC(C)(C)CO3)c2)cc2c(c1C)C(=O)C(C1CCCC1)C2. The fraction of sp³-hybridized carbons (Fsp3) is 0.536. The van der Waals surface area contributed by atoms with Crippen LogP contribution in [0.15, 0.2) is 30.3 Å². The highest BCUT2D eigenvalue weighted by Gasteiger charge is 2.39. The zero-order valence-corrected chi connectivity index (χ0v) is 20.4. The molecule has 2 aromatic carbocycles. The number of Topliss-reactive ketones (excluding diaryl/α,β-unsaturated/α-hetero) is 1. The van der Waals surface area contributed by atoms with E-state index < -0.39 is 0 Å². The summed E-state index contributed by atoms with van der Waals surface area (Å²) in [4.78, 5) is 13.2. The maximum Gasteiger partial charge on any atom is 0.493 e. The van der Waals surface area contributed by atoms with Crippen LogP contribution in [0.1, 0.15) is 72.1 Å². The minimum Gasteiger partial charge on any atom is -0.489 e. The van der Waals surface area contributed by atoms with Crippen molar-refractivity contribution in [1.82, 2.24) is 0 Å². The molecule has 3 aliphatic rings. The zero-order chi connectivity index (χ0) is 23.2. The fourth-order valence-electron chi connectivity index (χ4n) is 5.74. The van der Waals surface area contributed by atoms with Crippen LogP contribution in [-0.2, 0) is 22.3 Å². The summed E-state index contributed by atoms with van der Waals surface area (Å²) in [6.07, 6.45) is 5.82. The van der Waals surface area contributed by atoms with E-state index in [2.05, 4.69) is 45.9 Å². The Morgan fingerprint density at radius 3 is 2.52 bits per heavy atom. The highest BCUT2D eigenvalue weighted by atomic mass is 16.6. The molecular weight excluding hydrogens is 411 g/mol. The average Bonchev–Trinajstić information content (AvgIpc) is 3.43. The molecule has 0 bridgehead atoms. The molecule has 1 saturated heterocycles. The van der Waals surface area contributed by atoms with E-state index in [1.807, 2.05) is 12.1 Å². The Labute approximate surface area is 198 Å². The van der Waals surface area contributed by atoms with Crippen molar-refractivity contribution < 1.29 is 18.8 Å². The molecule has 2 aromatic rings. The second kappa shape index (κ2) is 8.92. The number of carbonyl (C=O) groups excluding carboxylic acids is 1. The van der Waals surface area contributed by atoms with Gasteiger partial charge in [-0.25, -0.2) is 0 Å². The normalized spacial score (nSPS) is 22.6. The van der Waals surface area contributed by atoms with Gasteiger partial charge in [-0.3, -0.25) is 4.79 Å².